The largest absolute Gasteiger partial charge is 0.378 e. The van der Waals surface area contributed by atoms with Crippen molar-refractivity contribution in [2.45, 2.75) is 20.1 Å². The summed E-state index contributed by atoms with van der Waals surface area (Å²) in [5, 5.41) is 0. The van der Waals surface area contributed by atoms with Crippen LogP contribution in [0.3, 0.4) is 0 Å². The molecule has 2 aliphatic rings. The average Bonchev–Trinajstić information content (AvgIpc) is 2.59. The van der Waals surface area contributed by atoms with E-state index in [1.54, 1.807) is 0 Å². The van der Waals surface area contributed by atoms with Crippen LogP contribution in [0.2, 0.25) is 0 Å². The van der Waals surface area contributed by atoms with E-state index in [0.29, 0.717) is 19.2 Å². The van der Waals surface area contributed by atoms with Crippen LogP contribution >= 0.6 is 0 Å². The van der Waals surface area contributed by atoms with E-state index in [0.717, 1.165) is 24.7 Å². The first-order valence-electron chi connectivity index (χ1n) is 8.25. The predicted octanol–water partition coefficient (Wildman–Crippen LogP) is 0.972. The minimum absolute atomic E-state index is 0.220. The van der Waals surface area contributed by atoms with Gasteiger partial charge in [-0.25, -0.2) is 4.99 Å². The molecule has 0 saturated carbocycles. The first-order chi connectivity index (χ1) is 11.5. The van der Waals surface area contributed by atoms with Crippen LogP contribution in [-0.2, 0) is 4.74 Å². The van der Waals surface area contributed by atoms with Crippen molar-refractivity contribution in [1.82, 2.24) is 9.80 Å². The van der Waals surface area contributed by atoms with Crippen LogP contribution in [0.4, 0.5) is 5.69 Å². The summed E-state index contributed by atoms with van der Waals surface area (Å²) in [6, 6.07) is 6.42. The molecule has 0 bridgehead atoms. The lowest BCUT2D eigenvalue weighted by Gasteiger charge is -2.42. The highest BCUT2D eigenvalue weighted by Gasteiger charge is 2.30. The molecule has 130 valence electrons. The van der Waals surface area contributed by atoms with Gasteiger partial charge in [0.05, 0.1) is 13.2 Å². The molecule has 1 fully saturated rings. The fourth-order valence-corrected chi connectivity index (χ4v) is 3.00. The third-order valence-electron chi connectivity index (χ3n) is 4.66. The van der Waals surface area contributed by atoms with E-state index in [4.69, 9.17) is 10.5 Å². The van der Waals surface area contributed by atoms with Gasteiger partial charge in [-0.1, -0.05) is 6.07 Å². The number of rotatable bonds is 2. The van der Waals surface area contributed by atoms with Crippen LogP contribution in [0.25, 0.3) is 0 Å². The van der Waals surface area contributed by atoms with Crippen LogP contribution in [0.1, 0.15) is 11.1 Å². The SMILES string of the molecule is Cc1ccc(N(C)C2N=C(N)N=C(N3CCOCC3)N2C)cc1C. The Balaban J connectivity index is 1.85. The number of anilines is 1. The first kappa shape index (κ1) is 16.6. The molecule has 7 nitrogen and oxygen atoms in total. The molecule has 1 saturated heterocycles. The van der Waals surface area contributed by atoms with Gasteiger partial charge in [0.1, 0.15) is 0 Å². The van der Waals surface area contributed by atoms with E-state index in [2.05, 4.69) is 56.7 Å². The van der Waals surface area contributed by atoms with E-state index >= 15 is 0 Å². The Morgan fingerprint density at radius 1 is 1.21 bits per heavy atom. The number of aryl methyl sites for hydroxylation is 2. The number of nitrogens with two attached hydrogens (primary N) is 1. The molecule has 0 amide bonds. The topological polar surface area (TPSA) is 69.7 Å². The van der Waals surface area contributed by atoms with Gasteiger partial charge < -0.3 is 25.2 Å². The number of benzene rings is 1. The van der Waals surface area contributed by atoms with Crippen molar-refractivity contribution >= 4 is 17.6 Å². The number of aliphatic imine (C=N–C) groups is 2. The fourth-order valence-electron chi connectivity index (χ4n) is 3.00. The molecule has 2 aliphatic heterocycles. The second kappa shape index (κ2) is 6.68. The lowest BCUT2D eigenvalue weighted by Crippen LogP contribution is -2.57. The monoisotopic (exact) mass is 330 g/mol. The van der Waals surface area contributed by atoms with E-state index in [1.165, 1.54) is 11.1 Å². The van der Waals surface area contributed by atoms with Gasteiger partial charge in [0.25, 0.3) is 0 Å². The normalized spacial score (nSPS) is 21.4. The predicted molar refractivity (Wildman–Crippen MR) is 97.3 cm³/mol. The number of morpholine rings is 1. The number of guanidine groups is 2. The Labute approximate surface area is 143 Å². The molecule has 0 aliphatic carbocycles. The number of hydrogen-bond donors (Lipinski definition) is 1. The first-order valence-corrected chi connectivity index (χ1v) is 8.25. The molecular formula is C17H26N6O. The van der Waals surface area contributed by atoms with Gasteiger partial charge in [-0.3, -0.25) is 0 Å². The van der Waals surface area contributed by atoms with Gasteiger partial charge in [0.2, 0.25) is 18.2 Å². The average molecular weight is 330 g/mol. The Morgan fingerprint density at radius 3 is 2.58 bits per heavy atom. The van der Waals surface area contributed by atoms with Crippen LogP contribution < -0.4 is 10.6 Å². The molecule has 2 heterocycles. The van der Waals surface area contributed by atoms with Crippen molar-refractivity contribution in [2.24, 2.45) is 15.7 Å². The summed E-state index contributed by atoms with van der Waals surface area (Å²) in [4.78, 5) is 15.4. The van der Waals surface area contributed by atoms with Gasteiger partial charge in [-0.05, 0) is 37.1 Å². The minimum Gasteiger partial charge on any atom is -0.378 e. The Bertz CT molecular complexity index is 665. The lowest BCUT2D eigenvalue weighted by atomic mass is 10.1. The van der Waals surface area contributed by atoms with Crippen molar-refractivity contribution in [3.63, 3.8) is 0 Å². The number of hydrogen-bond acceptors (Lipinski definition) is 7. The molecule has 1 unspecified atom stereocenters. The maximum atomic E-state index is 6.01. The zero-order chi connectivity index (χ0) is 17.3. The van der Waals surface area contributed by atoms with Crippen LogP contribution in [0.5, 0.6) is 0 Å². The van der Waals surface area contributed by atoms with Gasteiger partial charge in [-0.15, -0.1) is 0 Å². The molecular weight excluding hydrogens is 304 g/mol. The fraction of sp³-hybridized carbons (Fsp3) is 0.529. The van der Waals surface area contributed by atoms with Crippen molar-refractivity contribution in [1.29, 1.82) is 0 Å². The Hall–Kier alpha value is -2.28. The maximum absolute atomic E-state index is 6.01. The summed E-state index contributed by atoms with van der Waals surface area (Å²) < 4.78 is 5.43. The molecule has 7 heteroatoms. The number of nitrogens with zero attached hydrogens (tertiary/aromatic N) is 5. The van der Waals surface area contributed by atoms with Crippen molar-refractivity contribution in [3.05, 3.63) is 29.3 Å². The quantitative estimate of drug-likeness (QED) is 0.875. The molecule has 0 spiro atoms. The second-order valence-electron chi connectivity index (χ2n) is 6.34. The smallest absolute Gasteiger partial charge is 0.222 e. The van der Waals surface area contributed by atoms with Crippen LogP contribution in [0.15, 0.2) is 28.2 Å². The van der Waals surface area contributed by atoms with E-state index in [1.807, 2.05) is 14.1 Å². The summed E-state index contributed by atoms with van der Waals surface area (Å²) >= 11 is 0. The lowest BCUT2D eigenvalue weighted by molar-refractivity contribution is 0.0614. The summed E-state index contributed by atoms with van der Waals surface area (Å²) in [6.45, 7) is 7.29. The zero-order valence-corrected chi connectivity index (χ0v) is 14.9. The highest BCUT2D eigenvalue weighted by molar-refractivity contribution is 5.96. The van der Waals surface area contributed by atoms with Gasteiger partial charge in [-0.2, -0.15) is 4.99 Å². The summed E-state index contributed by atoms with van der Waals surface area (Å²) in [7, 11) is 4.04. The van der Waals surface area contributed by atoms with Crippen molar-refractivity contribution in [3.8, 4) is 0 Å². The molecule has 1 atom stereocenters. The van der Waals surface area contributed by atoms with E-state index < -0.39 is 0 Å². The third-order valence-corrected chi connectivity index (χ3v) is 4.66. The van der Waals surface area contributed by atoms with Crippen LogP contribution in [0, 0.1) is 13.8 Å². The molecule has 1 aromatic rings. The Morgan fingerprint density at radius 2 is 1.92 bits per heavy atom. The maximum Gasteiger partial charge on any atom is 0.222 e. The third kappa shape index (κ3) is 3.17. The number of ether oxygens (including phenoxy) is 1. The van der Waals surface area contributed by atoms with Gasteiger partial charge in [0.15, 0.2) is 0 Å². The standard InChI is InChI=1S/C17H26N6O/c1-12-5-6-14(11-13(12)2)21(3)16-19-15(18)20-17(22(16)4)23-7-9-24-10-8-23/h5-6,11,16H,7-10H2,1-4H3,(H2,18,19). The van der Waals surface area contributed by atoms with Crippen molar-refractivity contribution in [2.75, 3.05) is 45.3 Å². The Kier molecular flexibility index (Phi) is 4.62. The molecule has 2 N–H and O–H groups in total. The van der Waals surface area contributed by atoms with Gasteiger partial charge >= 0.3 is 0 Å². The highest BCUT2D eigenvalue weighted by Crippen LogP contribution is 2.23. The molecule has 1 aromatic carbocycles. The van der Waals surface area contributed by atoms with Gasteiger partial charge in [0, 0.05) is 32.9 Å². The highest BCUT2D eigenvalue weighted by atomic mass is 16.5. The zero-order valence-electron chi connectivity index (χ0n) is 14.9. The molecule has 0 aromatic heterocycles. The second-order valence-corrected chi connectivity index (χ2v) is 6.34. The van der Waals surface area contributed by atoms with E-state index in [-0.39, 0.29) is 6.29 Å². The molecule has 0 radical (unpaired) electrons. The molecule has 24 heavy (non-hydrogen) atoms. The van der Waals surface area contributed by atoms with Crippen LogP contribution in [-0.4, -0.2) is 68.4 Å². The van der Waals surface area contributed by atoms with E-state index in [9.17, 15) is 0 Å². The summed E-state index contributed by atoms with van der Waals surface area (Å²) in [5.74, 6) is 1.17. The summed E-state index contributed by atoms with van der Waals surface area (Å²) in [6.07, 6.45) is -0.220. The molecule has 3 rings (SSSR count). The summed E-state index contributed by atoms with van der Waals surface area (Å²) in [5.41, 5.74) is 9.65. The van der Waals surface area contributed by atoms with Crippen molar-refractivity contribution < 1.29 is 4.74 Å². The minimum atomic E-state index is -0.220.